The summed E-state index contributed by atoms with van der Waals surface area (Å²) in [6, 6.07) is 8.58. The number of piperidine rings is 1. The topological polar surface area (TPSA) is 77.3 Å². The second-order valence-electron chi connectivity index (χ2n) is 8.12. The van der Waals surface area contributed by atoms with E-state index in [-0.39, 0.29) is 0 Å². The number of imidazole rings is 1. The van der Waals surface area contributed by atoms with E-state index in [0.717, 1.165) is 55.5 Å². The molecule has 0 saturated carbocycles. The van der Waals surface area contributed by atoms with Crippen LogP contribution >= 0.6 is 0 Å². The SMILES string of the molecule is Cc1cc(C2CCCCN2CCNCc2ccc3c(c2)OCO3)nc(-n2ccnc2)n1. The van der Waals surface area contributed by atoms with Gasteiger partial charge in [-0.05, 0) is 50.1 Å². The molecule has 1 atom stereocenters. The number of hydrogen-bond acceptors (Lipinski definition) is 7. The molecule has 0 amide bonds. The van der Waals surface area contributed by atoms with E-state index in [4.69, 9.17) is 14.5 Å². The lowest BCUT2D eigenvalue weighted by molar-refractivity contribution is 0.146. The molecule has 0 radical (unpaired) electrons. The van der Waals surface area contributed by atoms with Gasteiger partial charge in [-0.3, -0.25) is 9.47 Å². The maximum atomic E-state index is 5.47. The van der Waals surface area contributed by atoms with Crippen molar-refractivity contribution < 1.29 is 9.47 Å². The van der Waals surface area contributed by atoms with Crippen molar-refractivity contribution in [2.45, 2.75) is 38.8 Å². The summed E-state index contributed by atoms with van der Waals surface area (Å²) in [5.41, 5.74) is 3.29. The van der Waals surface area contributed by atoms with E-state index in [2.05, 4.69) is 38.4 Å². The Morgan fingerprint density at radius 2 is 2.06 bits per heavy atom. The molecular formula is C23H28N6O2. The third-order valence-corrected chi connectivity index (χ3v) is 5.89. The van der Waals surface area contributed by atoms with Crippen molar-refractivity contribution in [2.75, 3.05) is 26.4 Å². The fourth-order valence-corrected chi connectivity index (χ4v) is 4.34. The van der Waals surface area contributed by atoms with Crippen LogP contribution in [0.4, 0.5) is 0 Å². The molecule has 8 nitrogen and oxygen atoms in total. The molecule has 4 heterocycles. The van der Waals surface area contributed by atoms with Crippen LogP contribution in [-0.4, -0.2) is 50.8 Å². The molecular weight excluding hydrogens is 392 g/mol. The van der Waals surface area contributed by atoms with Gasteiger partial charge in [0.25, 0.3) is 0 Å². The molecule has 0 aliphatic carbocycles. The van der Waals surface area contributed by atoms with Gasteiger partial charge < -0.3 is 14.8 Å². The largest absolute Gasteiger partial charge is 0.454 e. The molecule has 3 aromatic rings. The van der Waals surface area contributed by atoms with Gasteiger partial charge in [-0.25, -0.2) is 15.0 Å². The van der Waals surface area contributed by atoms with Crippen LogP contribution in [0.15, 0.2) is 43.0 Å². The first kappa shape index (κ1) is 20.0. The zero-order valence-electron chi connectivity index (χ0n) is 17.8. The molecule has 5 rings (SSSR count). The minimum absolute atomic E-state index is 0.313. The maximum absolute atomic E-state index is 5.47. The second-order valence-corrected chi connectivity index (χ2v) is 8.12. The van der Waals surface area contributed by atoms with Crippen LogP contribution in [0.2, 0.25) is 0 Å². The Labute approximate surface area is 182 Å². The molecule has 2 aromatic heterocycles. The van der Waals surface area contributed by atoms with Gasteiger partial charge in [0, 0.05) is 37.7 Å². The molecule has 8 heteroatoms. The summed E-state index contributed by atoms with van der Waals surface area (Å²) in [6.07, 6.45) is 8.98. The number of nitrogens with zero attached hydrogens (tertiary/aromatic N) is 5. The summed E-state index contributed by atoms with van der Waals surface area (Å²) in [6.45, 7) is 6.16. The Morgan fingerprint density at radius 3 is 2.97 bits per heavy atom. The highest BCUT2D eigenvalue weighted by molar-refractivity contribution is 5.44. The lowest BCUT2D eigenvalue weighted by Gasteiger charge is -2.35. The Kier molecular flexibility index (Phi) is 5.82. The summed E-state index contributed by atoms with van der Waals surface area (Å²) in [5, 5.41) is 3.57. The second kappa shape index (κ2) is 9.03. The zero-order chi connectivity index (χ0) is 21.0. The first-order valence-electron chi connectivity index (χ1n) is 10.9. The summed E-state index contributed by atoms with van der Waals surface area (Å²) in [7, 11) is 0. The van der Waals surface area contributed by atoms with E-state index >= 15 is 0 Å². The maximum Gasteiger partial charge on any atom is 0.235 e. The van der Waals surface area contributed by atoms with Crippen LogP contribution in [0.3, 0.4) is 0 Å². The van der Waals surface area contributed by atoms with Gasteiger partial charge in [-0.2, -0.15) is 0 Å². The van der Waals surface area contributed by atoms with E-state index in [1.807, 2.05) is 23.8 Å². The molecule has 162 valence electrons. The first-order valence-corrected chi connectivity index (χ1v) is 10.9. The van der Waals surface area contributed by atoms with Crippen LogP contribution in [0.5, 0.6) is 11.5 Å². The minimum Gasteiger partial charge on any atom is -0.454 e. The molecule has 0 spiro atoms. The number of aryl methyl sites for hydroxylation is 1. The molecule has 1 unspecified atom stereocenters. The normalized spacial score (nSPS) is 18.4. The van der Waals surface area contributed by atoms with E-state index in [0.29, 0.717) is 18.8 Å². The van der Waals surface area contributed by atoms with Crippen molar-refractivity contribution in [3.63, 3.8) is 0 Å². The Morgan fingerprint density at radius 1 is 1.13 bits per heavy atom. The Hall–Kier alpha value is -2.97. The van der Waals surface area contributed by atoms with Gasteiger partial charge in [0.2, 0.25) is 12.7 Å². The van der Waals surface area contributed by atoms with Gasteiger partial charge in [0.15, 0.2) is 11.5 Å². The van der Waals surface area contributed by atoms with E-state index in [1.165, 1.54) is 18.4 Å². The highest BCUT2D eigenvalue weighted by atomic mass is 16.7. The van der Waals surface area contributed by atoms with Crippen LogP contribution in [0.25, 0.3) is 5.95 Å². The van der Waals surface area contributed by atoms with Crippen LogP contribution < -0.4 is 14.8 Å². The molecule has 1 fully saturated rings. The zero-order valence-corrected chi connectivity index (χ0v) is 17.8. The van der Waals surface area contributed by atoms with Gasteiger partial charge >= 0.3 is 0 Å². The van der Waals surface area contributed by atoms with Crippen molar-refractivity contribution >= 4 is 0 Å². The van der Waals surface area contributed by atoms with Crippen LogP contribution in [0, 0.1) is 6.92 Å². The van der Waals surface area contributed by atoms with Crippen molar-refractivity contribution in [3.05, 3.63) is 59.9 Å². The van der Waals surface area contributed by atoms with Crippen LogP contribution in [-0.2, 0) is 6.54 Å². The third kappa shape index (κ3) is 4.55. The standard InChI is InChI=1S/C23H28N6O2/c1-17-12-19(27-23(26-17)29-11-8-25-15-29)20-4-2-3-9-28(20)10-7-24-14-18-5-6-21-22(13-18)31-16-30-21/h5-6,8,11-13,15,20,24H,2-4,7,9-10,14,16H2,1H3. The van der Waals surface area contributed by atoms with E-state index < -0.39 is 0 Å². The number of fused-ring (bicyclic) bond motifs is 1. The number of likely N-dealkylation sites (tertiary alicyclic amines) is 1. The molecule has 31 heavy (non-hydrogen) atoms. The highest BCUT2D eigenvalue weighted by Gasteiger charge is 2.25. The van der Waals surface area contributed by atoms with Crippen molar-refractivity contribution in [3.8, 4) is 17.4 Å². The predicted molar refractivity (Wildman–Crippen MR) is 116 cm³/mol. The fourth-order valence-electron chi connectivity index (χ4n) is 4.34. The molecule has 2 aliphatic heterocycles. The Balaban J connectivity index is 1.22. The number of ether oxygens (including phenoxy) is 2. The lowest BCUT2D eigenvalue weighted by Crippen LogP contribution is -2.38. The molecule has 1 aromatic carbocycles. The van der Waals surface area contributed by atoms with E-state index in [1.54, 1.807) is 12.5 Å². The summed E-state index contributed by atoms with van der Waals surface area (Å²) in [5.74, 6) is 2.36. The average Bonchev–Trinajstić information content (AvgIpc) is 3.48. The van der Waals surface area contributed by atoms with Gasteiger partial charge in [-0.15, -0.1) is 0 Å². The molecule has 0 bridgehead atoms. The molecule has 2 aliphatic rings. The summed E-state index contributed by atoms with van der Waals surface area (Å²) >= 11 is 0. The summed E-state index contributed by atoms with van der Waals surface area (Å²) < 4.78 is 12.7. The van der Waals surface area contributed by atoms with Crippen molar-refractivity contribution in [2.24, 2.45) is 0 Å². The smallest absolute Gasteiger partial charge is 0.235 e. The quantitative estimate of drug-likeness (QED) is 0.589. The Bertz CT molecular complexity index is 1020. The molecule has 1 saturated heterocycles. The minimum atomic E-state index is 0.313. The predicted octanol–water partition coefficient (Wildman–Crippen LogP) is 3.02. The molecule has 1 N–H and O–H groups in total. The third-order valence-electron chi connectivity index (χ3n) is 5.89. The average molecular weight is 421 g/mol. The lowest BCUT2D eigenvalue weighted by atomic mass is 9.98. The van der Waals surface area contributed by atoms with Crippen molar-refractivity contribution in [1.82, 2.24) is 29.7 Å². The fraction of sp³-hybridized carbons (Fsp3) is 0.435. The number of rotatable bonds is 7. The number of aromatic nitrogens is 4. The highest BCUT2D eigenvalue weighted by Crippen LogP contribution is 2.32. The van der Waals surface area contributed by atoms with E-state index in [9.17, 15) is 0 Å². The van der Waals surface area contributed by atoms with Crippen molar-refractivity contribution in [1.29, 1.82) is 0 Å². The number of nitrogens with one attached hydrogen (secondary N) is 1. The summed E-state index contributed by atoms with van der Waals surface area (Å²) in [4.78, 5) is 16.2. The number of benzene rings is 1. The first-order chi connectivity index (χ1) is 15.3. The van der Waals surface area contributed by atoms with Crippen LogP contribution in [0.1, 0.15) is 42.3 Å². The van der Waals surface area contributed by atoms with Gasteiger partial charge in [0.05, 0.1) is 11.7 Å². The van der Waals surface area contributed by atoms with Gasteiger partial charge in [-0.1, -0.05) is 12.5 Å². The monoisotopic (exact) mass is 420 g/mol. The number of hydrogen-bond donors (Lipinski definition) is 1. The van der Waals surface area contributed by atoms with Gasteiger partial charge in [0.1, 0.15) is 6.33 Å².